The first kappa shape index (κ1) is 17.4. The Morgan fingerprint density at radius 1 is 1.25 bits per heavy atom. The van der Waals surface area contributed by atoms with Crippen LogP contribution in [0.25, 0.3) is 0 Å². The molecule has 0 saturated carbocycles. The topological polar surface area (TPSA) is 51.2 Å². The van der Waals surface area contributed by atoms with Gasteiger partial charge in [0, 0.05) is 47.1 Å². The van der Waals surface area contributed by atoms with E-state index in [4.69, 9.17) is 16.3 Å². The molecule has 0 atom stereocenters. The van der Waals surface area contributed by atoms with Crippen LogP contribution in [-0.4, -0.2) is 30.6 Å². The van der Waals surface area contributed by atoms with Crippen molar-refractivity contribution < 1.29 is 9.53 Å². The van der Waals surface area contributed by atoms with Gasteiger partial charge in [-0.1, -0.05) is 23.7 Å². The standard InChI is InChI=1S/C18H18BrClN2O2/c19-15-9-13(10-21-11-15)17(23)22-12-18(5-7-24-8-6-18)14-1-3-16(20)4-2-14/h1-4,9-11H,5-8,12H2,(H,22,23). The molecule has 2 heterocycles. The van der Waals surface area contributed by atoms with Crippen molar-refractivity contribution in [1.82, 2.24) is 10.3 Å². The molecule has 0 aliphatic carbocycles. The Morgan fingerprint density at radius 2 is 1.96 bits per heavy atom. The van der Waals surface area contributed by atoms with E-state index in [1.165, 1.54) is 5.56 Å². The maximum atomic E-state index is 12.4. The van der Waals surface area contributed by atoms with Gasteiger partial charge in [-0.25, -0.2) is 0 Å². The molecule has 0 radical (unpaired) electrons. The van der Waals surface area contributed by atoms with Crippen LogP contribution in [0.5, 0.6) is 0 Å². The zero-order valence-corrected chi connectivity index (χ0v) is 15.4. The summed E-state index contributed by atoms with van der Waals surface area (Å²) in [7, 11) is 0. The number of rotatable bonds is 4. The van der Waals surface area contributed by atoms with Crippen molar-refractivity contribution in [2.75, 3.05) is 19.8 Å². The van der Waals surface area contributed by atoms with Gasteiger partial charge in [-0.2, -0.15) is 0 Å². The van der Waals surface area contributed by atoms with Crippen LogP contribution in [0.1, 0.15) is 28.8 Å². The van der Waals surface area contributed by atoms with E-state index in [0.29, 0.717) is 30.3 Å². The van der Waals surface area contributed by atoms with Gasteiger partial charge in [0.05, 0.1) is 5.56 Å². The number of hydrogen-bond acceptors (Lipinski definition) is 3. The number of halogens is 2. The number of carbonyl (C=O) groups excluding carboxylic acids is 1. The summed E-state index contributed by atoms with van der Waals surface area (Å²) in [6.45, 7) is 1.94. The molecule has 1 aromatic carbocycles. The van der Waals surface area contributed by atoms with Crippen molar-refractivity contribution in [3.8, 4) is 0 Å². The fourth-order valence-corrected chi connectivity index (χ4v) is 3.51. The first-order valence-electron chi connectivity index (χ1n) is 7.82. The quantitative estimate of drug-likeness (QED) is 0.831. The Labute approximate surface area is 154 Å². The average molecular weight is 410 g/mol. The molecule has 126 valence electrons. The molecule has 0 unspecified atom stereocenters. The number of benzene rings is 1. The van der Waals surface area contributed by atoms with Gasteiger partial charge in [-0.05, 0) is 52.5 Å². The van der Waals surface area contributed by atoms with E-state index in [9.17, 15) is 4.79 Å². The second kappa shape index (κ2) is 7.64. The molecule has 1 N–H and O–H groups in total. The molecular formula is C18H18BrClN2O2. The zero-order chi connectivity index (χ0) is 17.0. The Balaban J connectivity index is 1.77. The Bertz CT molecular complexity index is 715. The predicted molar refractivity (Wildman–Crippen MR) is 97.5 cm³/mol. The van der Waals surface area contributed by atoms with Crippen LogP contribution < -0.4 is 5.32 Å². The zero-order valence-electron chi connectivity index (χ0n) is 13.1. The van der Waals surface area contributed by atoms with Crippen molar-refractivity contribution in [3.05, 3.63) is 63.3 Å². The molecule has 0 spiro atoms. The molecule has 1 aliphatic heterocycles. The number of hydrogen-bond donors (Lipinski definition) is 1. The second-order valence-electron chi connectivity index (χ2n) is 5.97. The Kier molecular flexibility index (Phi) is 5.54. The fraction of sp³-hybridized carbons (Fsp3) is 0.333. The van der Waals surface area contributed by atoms with Crippen LogP contribution in [0.2, 0.25) is 5.02 Å². The number of pyridine rings is 1. The van der Waals surface area contributed by atoms with E-state index in [1.54, 1.807) is 18.5 Å². The molecule has 1 amide bonds. The molecule has 1 aliphatic rings. The van der Waals surface area contributed by atoms with Crippen LogP contribution in [0.4, 0.5) is 0 Å². The molecule has 1 saturated heterocycles. The first-order chi connectivity index (χ1) is 11.6. The summed E-state index contributed by atoms with van der Waals surface area (Å²) in [6.07, 6.45) is 4.96. The third-order valence-electron chi connectivity index (χ3n) is 4.46. The maximum absolute atomic E-state index is 12.4. The molecule has 2 aromatic rings. The molecule has 1 aromatic heterocycles. The monoisotopic (exact) mass is 408 g/mol. The van der Waals surface area contributed by atoms with Crippen molar-refractivity contribution >= 4 is 33.4 Å². The van der Waals surface area contributed by atoms with E-state index in [1.807, 2.05) is 24.3 Å². The highest BCUT2D eigenvalue weighted by Gasteiger charge is 2.34. The van der Waals surface area contributed by atoms with Crippen LogP contribution in [-0.2, 0) is 10.2 Å². The fourth-order valence-electron chi connectivity index (χ4n) is 3.02. The van der Waals surface area contributed by atoms with E-state index in [-0.39, 0.29) is 11.3 Å². The minimum absolute atomic E-state index is 0.122. The van der Waals surface area contributed by atoms with Gasteiger partial charge in [0.25, 0.3) is 5.91 Å². The predicted octanol–water partition coefficient (Wildman–Crippen LogP) is 3.98. The SMILES string of the molecule is O=C(NCC1(c2ccc(Cl)cc2)CCOCC1)c1cncc(Br)c1. The summed E-state index contributed by atoms with van der Waals surface area (Å²) < 4.78 is 6.31. The lowest BCUT2D eigenvalue weighted by atomic mass is 9.74. The minimum atomic E-state index is -0.127. The summed E-state index contributed by atoms with van der Waals surface area (Å²) in [5.41, 5.74) is 1.60. The summed E-state index contributed by atoms with van der Waals surface area (Å²) in [5.74, 6) is -0.122. The van der Waals surface area contributed by atoms with Gasteiger partial charge in [0.15, 0.2) is 0 Å². The van der Waals surface area contributed by atoms with Gasteiger partial charge in [0.1, 0.15) is 0 Å². The third-order valence-corrected chi connectivity index (χ3v) is 5.15. The van der Waals surface area contributed by atoms with Crippen molar-refractivity contribution in [2.24, 2.45) is 0 Å². The summed E-state index contributed by atoms with van der Waals surface area (Å²) in [4.78, 5) is 16.5. The number of nitrogens with zero attached hydrogens (tertiary/aromatic N) is 1. The first-order valence-corrected chi connectivity index (χ1v) is 8.99. The lowest BCUT2D eigenvalue weighted by Gasteiger charge is -2.38. The number of aromatic nitrogens is 1. The molecule has 4 nitrogen and oxygen atoms in total. The molecule has 3 rings (SSSR count). The molecule has 1 fully saturated rings. The summed E-state index contributed by atoms with van der Waals surface area (Å²) in [5, 5.41) is 3.77. The van der Waals surface area contributed by atoms with Gasteiger partial charge in [-0.3, -0.25) is 9.78 Å². The number of nitrogens with one attached hydrogen (secondary N) is 1. The van der Waals surface area contributed by atoms with Crippen LogP contribution in [0.15, 0.2) is 47.2 Å². The largest absolute Gasteiger partial charge is 0.381 e. The molecule has 6 heteroatoms. The highest BCUT2D eigenvalue weighted by Crippen LogP contribution is 2.35. The number of carbonyl (C=O) groups is 1. The summed E-state index contributed by atoms with van der Waals surface area (Å²) >= 11 is 9.35. The second-order valence-corrected chi connectivity index (χ2v) is 7.33. The van der Waals surface area contributed by atoms with Gasteiger partial charge < -0.3 is 10.1 Å². The van der Waals surface area contributed by atoms with E-state index < -0.39 is 0 Å². The highest BCUT2D eigenvalue weighted by atomic mass is 79.9. The summed E-state index contributed by atoms with van der Waals surface area (Å²) in [6, 6.07) is 9.64. The smallest absolute Gasteiger partial charge is 0.252 e. The molecular weight excluding hydrogens is 392 g/mol. The molecule has 0 bridgehead atoms. The van der Waals surface area contributed by atoms with Gasteiger partial charge in [-0.15, -0.1) is 0 Å². The molecule has 24 heavy (non-hydrogen) atoms. The third kappa shape index (κ3) is 3.97. The van der Waals surface area contributed by atoms with E-state index >= 15 is 0 Å². The Morgan fingerprint density at radius 3 is 2.62 bits per heavy atom. The van der Waals surface area contributed by atoms with Crippen molar-refractivity contribution in [3.63, 3.8) is 0 Å². The van der Waals surface area contributed by atoms with Crippen LogP contribution in [0, 0.1) is 0 Å². The van der Waals surface area contributed by atoms with Crippen molar-refractivity contribution in [2.45, 2.75) is 18.3 Å². The van der Waals surface area contributed by atoms with Gasteiger partial charge in [0.2, 0.25) is 0 Å². The number of amides is 1. The minimum Gasteiger partial charge on any atom is -0.381 e. The van der Waals surface area contributed by atoms with Crippen LogP contribution in [0.3, 0.4) is 0 Å². The van der Waals surface area contributed by atoms with E-state index in [2.05, 4.69) is 26.2 Å². The number of ether oxygens (including phenoxy) is 1. The highest BCUT2D eigenvalue weighted by molar-refractivity contribution is 9.10. The van der Waals surface area contributed by atoms with E-state index in [0.717, 1.165) is 17.3 Å². The Hall–Kier alpha value is -1.43. The van der Waals surface area contributed by atoms with Gasteiger partial charge >= 0.3 is 0 Å². The maximum Gasteiger partial charge on any atom is 0.252 e. The lowest BCUT2D eigenvalue weighted by molar-refractivity contribution is 0.0487. The van der Waals surface area contributed by atoms with Crippen molar-refractivity contribution in [1.29, 1.82) is 0 Å². The lowest BCUT2D eigenvalue weighted by Crippen LogP contribution is -2.44. The average Bonchev–Trinajstić information content (AvgIpc) is 2.61. The van der Waals surface area contributed by atoms with Crippen LogP contribution >= 0.6 is 27.5 Å². The normalized spacial score (nSPS) is 16.6.